The highest BCUT2D eigenvalue weighted by molar-refractivity contribution is 6.35. The minimum Gasteiger partial charge on any atom is -0.464 e. The standard InChI is InChI=1S/C12H9Cl2N3O4/c1-21-12(18)10-5-11(17(19)20)15-16(10)6-7-8(13)3-2-4-9(7)14/h2-5H,6H2,1H3. The van der Waals surface area contributed by atoms with Gasteiger partial charge in [0, 0.05) is 15.6 Å². The Morgan fingerprint density at radius 1 is 1.43 bits per heavy atom. The molecule has 9 heteroatoms. The molecule has 0 saturated heterocycles. The summed E-state index contributed by atoms with van der Waals surface area (Å²) < 4.78 is 5.72. The van der Waals surface area contributed by atoms with Crippen LogP contribution in [0.1, 0.15) is 16.1 Å². The van der Waals surface area contributed by atoms with E-state index >= 15 is 0 Å². The molecule has 0 saturated carbocycles. The zero-order valence-corrected chi connectivity index (χ0v) is 12.3. The fourth-order valence-corrected chi connectivity index (χ4v) is 2.23. The molecule has 0 spiro atoms. The van der Waals surface area contributed by atoms with Crippen molar-refractivity contribution in [2.45, 2.75) is 6.54 Å². The van der Waals surface area contributed by atoms with E-state index in [-0.39, 0.29) is 12.2 Å². The normalized spacial score (nSPS) is 10.4. The van der Waals surface area contributed by atoms with Gasteiger partial charge in [-0.15, -0.1) is 0 Å². The number of hydrogen-bond donors (Lipinski definition) is 0. The topological polar surface area (TPSA) is 87.3 Å². The van der Waals surface area contributed by atoms with E-state index in [9.17, 15) is 14.9 Å². The van der Waals surface area contributed by atoms with Gasteiger partial charge in [0.1, 0.15) is 0 Å². The summed E-state index contributed by atoms with van der Waals surface area (Å²) in [7, 11) is 1.17. The lowest BCUT2D eigenvalue weighted by Crippen LogP contribution is -2.13. The first-order chi connectivity index (χ1) is 9.93. The number of carbonyl (C=O) groups is 1. The second-order valence-electron chi connectivity index (χ2n) is 3.99. The van der Waals surface area contributed by atoms with Crippen molar-refractivity contribution in [2.75, 3.05) is 7.11 Å². The van der Waals surface area contributed by atoms with Crippen molar-refractivity contribution in [1.82, 2.24) is 9.78 Å². The van der Waals surface area contributed by atoms with Crippen molar-refractivity contribution in [3.63, 3.8) is 0 Å². The third kappa shape index (κ3) is 3.14. The Morgan fingerprint density at radius 3 is 2.57 bits per heavy atom. The Balaban J connectivity index is 2.48. The van der Waals surface area contributed by atoms with Gasteiger partial charge in [-0.25, -0.2) is 4.79 Å². The molecule has 21 heavy (non-hydrogen) atoms. The van der Waals surface area contributed by atoms with Crippen molar-refractivity contribution < 1.29 is 14.5 Å². The van der Waals surface area contributed by atoms with Gasteiger partial charge in [0.05, 0.1) is 24.8 Å². The van der Waals surface area contributed by atoms with Crippen LogP contribution < -0.4 is 0 Å². The maximum Gasteiger partial charge on any atom is 0.390 e. The molecule has 0 radical (unpaired) electrons. The molecule has 2 aromatic rings. The Labute approximate surface area is 129 Å². The van der Waals surface area contributed by atoms with E-state index in [2.05, 4.69) is 9.84 Å². The second kappa shape index (κ2) is 6.11. The smallest absolute Gasteiger partial charge is 0.390 e. The average molecular weight is 330 g/mol. The Bertz CT molecular complexity index is 694. The number of hydrogen-bond acceptors (Lipinski definition) is 5. The predicted molar refractivity (Wildman–Crippen MR) is 75.8 cm³/mol. The molecular weight excluding hydrogens is 321 g/mol. The van der Waals surface area contributed by atoms with E-state index < -0.39 is 16.7 Å². The largest absolute Gasteiger partial charge is 0.464 e. The van der Waals surface area contributed by atoms with E-state index in [1.165, 1.54) is 7.11 Å². The summed E-state index contributed by atoms with van der Waals surface area (Å²) in [6.45, 7) is 0.0107. The number of halogens is 2. The van der Waals surface area contributed by atoms with Crippen molar-refractivity contribution in [1.29, 1.82) is 0 Å². The third-order valence-electron chi connectivity index (χ3n) is 2.72. The van der Waals surface area contributed by atoms with Gasteiger partial charge >= 0.3 is 11.8 Å². The third-order valence-corrected chi connectivity index (χ3v) is 3.43. The van der Waals surface area contributed by atoms with Gasteiger partial charge in [-0.1, -0.05) is 29.3 Å². The van der Waals surface area contributed by atoms with Crippen LogP contribution in [-0.4, -0.2) is 27.8 Å². The van der Waals surface area contributed by atoms with E-state index in [0.29, 0.717) is 15.6 Å². The number of esters is 1. The van der Waals surface area contributed by atoms with Crippen molar-refractivity contribution in [3.05, 3.63) is 55.7 Å². The van der Waals surface area contributed by atoms with Crippen LogP contribution in [0.25, 0.3) is 0 Å². The molecule has 0 amide bonds. The molecule has 0 atom stereocenters. The summed E-state index contributed by atoms with van der Waals surface area (Å²) in [6.07, 6.45) is 0. The monoisotopic (exact) mass is 329 g/mol. The highest BCUT2D eigenvalue weighted by Gasteiger charge is 2.24. The van der Waals surface area contributed by atoms with Crippen LogP contribution in [0.5, 0.6) is 0 Å². The van der Waals surface area contributed by atoms with Gasteiger partial charge < -0.3 is 14.9 Å². The molecule has 1 aromatic heterocycles. The van der Waals surface area contributed by atoms with Gasteiger partial charge in [0.15, 0.2) is 5.69 Å². The summed E-state index contributed by atoms with van der Waals surface area (Å²) in [5, 5.41) is 15.3. The van der Waals surface area contributed by atoms with E-state index in [0.717, 1.165) is 10.7 Å². The van der Waals surface area contributed by atoms with E-state index in [1.54, 1.807) is 18.2 Å². The first-order valence-electron chi connectivity index (χ1n) is 5.67. The molecular formula is C12H9Cl2N3O4. The molecule has 2 rings (SSSR count). The van der Waals surface area contributed by atoms with Crippen LogP contribution in [0.15, 0.2) is 24.3 Å². The lowest BCUT2D eigenvalue weighted by Gasteiger charge is -2.06. The summed E-state index contributed by atoms with van der Waals surface area (Å²) >= 11 is 12.1. The maximum absolute atomic E-state index is 11.7. The number of nitro groups is 1. The number of rotatable bonds is 4. The Kier molecular flexibility index (Phi) is 4.44. The summed E-state index contributed by atoms with van der Waals surface area (Å²) in [5.74, 6) is -1.20. The minimum atomic E-state index is -0.737. The lowest BCUT2D eigenvalue weighted by atomic mass is 10.2. The van der Waals surface area contributed by atoms with E-state index in [1.807, 2.05) is 0 Å². The number of carbonyl (C=O) groups excluding carboxylic acids is 1. The van der Waals surface area contributed by atoms with Crippen LogP contribution in [0.4, 0.5) is 5.82 Å². The summed E-state index contributed by atoms with van der Waals surface area (Å²) in [4.78, 5) is 21.8. The number of nitrogens with zero attached hydrogens (tertiary/aromatic N) is 3. The molecule has 1 aromatic carbocycles. The molecule has 0 aliphatic carbocycles. The maximum atomic E-state index is 11.7. The van der Waals surface area contributed by atoms with Crippen LogP contribution in [-0.2, 0) is 11.3 Å². The zero-order chi connectivity index (χ0) is 15.6. The molecule has 0 unspecified atom stereocenters. The summed E-state index contributed by atoms with van der Waals surface area (Å²) in [6, 6.07) is 5.95. The lowest BCUT2D eigenvalue weighted by molar-refractivity contribution is -0.389. The molecule has 0 aliphatic rings. The summed E-state index contributed by atoms with van der Waals surface area (Å²) in [5.41, 5.74) is 0.448. The molecule has 0 aliphatic heterocycles. The minimum absolute atomic E-state index is 0.0107. The second-order valence-corrected chi connectivity index (χ2v) is 4.81. The molecule has 0 bridgehead atoms. The van der Waals surface area contributed by atoms with Crippen molar-refractivity contribution >= 4 is 35.0 Å². The van der Waals surface area contributed by atoms with Crippen LogP contribution >= 0.6 is 23.2 Å². The van der Waals surface area contributed by atoms with Crippen molar-refractivity contribution in [2.24, 2.45) is 0 Å². The first-order valence-corrected chi connectivity index (χ1v) is 6.43. The highest BCUT2D eigenvalue weighted by atomic mass is 35.5. The first kappa shape index (κ1) is 15.3. The van der Waals surface area contributed by atoms with Crippen LogP contribution in [0.3, 0.4) is 0 Å². The number of aromatic nitrogens is 2. The molecule has 7 nitrogen and oxygen atoms in total. The Hall–Kier alpha value is -2.12. The SMILES string of the molecule is COC(=O)c1cc([N+](=O)[O-])nn1Cc1c(Cl)cccc1Cl. The van der Waals surface area contributed by atoms with Gasteiger partial charge in [-0.2, -0.15) is 4.68 Å². The molecule has 0 fully saturated rings. The van der Waals surface area contributed by atoms with E-state index in [4.69, 9.17) is 23.2 Å². The Morgan fingerprint density at radius 2 is 2.05 bits per heavy atom. The number of ether oxygens (including phenoxy) is 1. The van der Waals surface area contributed by atoms with Crippen LogP contribution in [0.2, 0.25) is 10.0 Å². The molecule has 1 heterocycles. The van der Waals surface area contributed by atoms with Crippen molar-refractivity contribution in [3.8, 4) is 0 Å². The molecule has 0 N–H and O–H groups in total. The zero-order valence-electron chi connectivity index (χ0n) is 10.7. The fourth-order valence-electron chi connectivity index (χ4n) is 1.71. The van der Waals surface area contributed by atoms with Gasteiger partial charge in [-0.05, 0) is 17.1 Å². The number of benzene rings is 1. The van der Waals surface area contributed by atoms with Gasteiger partial charge in [0.2, 0.25) is 0 Å². The quantitative estimate of drug-likeness (QED) is 0.489. The van der Waals surface area contributed by atoms with Crippen LogP contribution in [0, 0.1) is 10.1 Å². The predicted octanol–water partition coefficient (Wildman–Crippen LogP) is 2.93. The number of methoxy groups -OCH3 is 1. The van der Waals surface area contributed by atoms with Gasteiger partial charge in [-0.3, -0.25) is 0 Å². The fraction of sp³-hybridized carbons (Fsp3) is 0.167. The highest BCUT2D eigenvalue weighted by Crippen LogP contribution is 2.26. The van der Waals surface area contributed by atoms with Gasteiger partial charge in [0.25, 0.3) is 0 Å². The average Bonchev–Trinajstić information content (AvgIpc) is 2.86. The molecule has 110 valence electrons.